The second kappa shape index (κ2) is 9.04. The summed E-state index contributed by atoms with van der Waals surface area (Å²) in [5.74, 6) is 0. The summed E-state index contributed by atoms with van der Waals surface area (Å²) in [5, 5.41) is -4.74. The molecule has 0 unspecified atom stereocenters. The maximum atomic E-state index is 13.8. The van der Waals surface area contributed by atoms with Crippen LogP contribution in [0.1, 0.15) is 0 Å². The molecule has 0 spiro atoms. The Bertz CT molecular complexity index is 2790. The molecule has 0 bridgehead atoms. The Labute approximate surface area is 252 Å². The van der Waals surface area contributed by atoms with Gasteiger partial charge in [-0.05, 0) is 0 Å². The Morgan fingerprint density at radius 1 is 0.477 bits per heavy atom. The summed E-state index contributed by atoms with van der Waals surface area (Å²) < 4.78 is 70.9. The maximum Gasteiger partial charge on any atom is 0.297 e. The molecule has 12 nitrogen and oxygen atoms in total. The highest BCUT2D eigenvalue weighted by atomic mass is 35.5. The van der Waals surface area contributed by atoms with Crippen LogP contribution >= 0.6 is 23.2 Å². The van der Waals surface area contributed by atoms with E-state index in [1.165, 1.54) is 48.5 Å². The fourth-order valence-electron chi connectivity index (χ4n) is 5.80. The molecule has 0 atom stereocenters. The van der Waals surface area contributed by atoms with Crippen LogP contribution in [0.4, 0.5) is 0 Å². The minimum Gasteiger partial charge on any atom is -0.289 e. The van der Waals surface area contributed by atoms with Crippen molar-refractivity contribution in [1.29, 1.82) is 0 Å². The number of H-pyrrole nitrogens is 2. The Morgan fingerprint density at radius 3 is 1.02 bits per heavy atom. The van der Waals surface area contributed by atoms with Gasteiger partial charge in [-0.2, -0.15) is 26.8 Å². The highest BCUT2D eigenvalue weighted by Crippen LogP contribution is 2.37. The van der Waals surface area contributed by atoms with E-state index in [1.54, 1.807) is 0 Å². The van der Waals surface area contributed by atoms with E-state index >= 15 is 0 Å². The quantitative estimate of drug-likeness (QED) is 0.156. The SMILES string of the molecule is O=c1c2ccccc2c(=O)c2c1c(S(=O)(=O)O)c(Cl)c1[nH+]c3c([nH+]c12)c(Cl)c(S(=O)(=O)O)c1c(=O)c2ccccc2c(=O)c13. The fourth-order valence-corrected chi connectivity index (χ4v) is 8.42. The molecule has 0 fully saturated rings. The van der Waals surface area contributed by atoms with E-state index in [0.29, 0.717) is 0 Å². The Hall–Kier alpha value is -4.44. The average Bonchev–Trinajstić information content (AvgIpc) is 2.96. The van der Waals surface area contributed by atoms with Crippen molar-refractivity contribution < 1.29 is 35.9 Å². The number of aromatic amines is 2. The normalized spacial score (nSPS) is 12.8. The number of fused-ring (bicyclic) bond motifs is 8. The van der Waals surface area contributed by atoms with Crippen LogP contribution in [-0.4, -0.2) is 25.9 Å². The van der Waals surface area contributed by atoms with Gasteiger partial charge in [-0.3, -0.25) is 28.3 Å². The van der Waals surface area contributed by atoms with Gasteiger partial charge < -0.3 is 0 Å². The van der Waals surface area contributed by atoms with E-state index in [0.717, 1.165) is 0 Å². The lowest BCUT2D eigenvalue weighted by Gasteiger charge is -2.09. The largest absolute Gasteiger partial charge is 0.297 e. The van der Waals surface area contributed by atoms with Crippen molar-refractivity contribution in [2.75, 3.05) is 0 Å². The van der Waals surface area contributed by atoms with Crippen molar-refractivity contribution in [3.05, 3.63) is 99.5 Å². The lowest BCUT2D eigenvalue weighted by molar-refractivity contribution is -0.359. The summed E-state index contributed by atoms with van der Waals surface area (Å²) >= 11 is 13.0. The standard InChI is InChI=1S/C28H10Cl2N2O10S2/c29-17-21-19(13-15(27(17)43(37,38)39)25(35)11-7-3-1-5-9(11)23(13)33)31-22-18(30)28(44(40,41)42)16-14(20(22)32-21)24(34)10-6-2-4-8-12(10)26(16)36/h1-8H,(H,37,38,39)(H,40,41,42)/p+2. The number of hydrogen-bond acceptors (Lipinski definition) is 8. The van der Waals surface area contributed by atoms with Gasteiger partial charge in [0, 0.05) is 21.5 Å². The minimum absolute atomic E-state index is 0.115. The number of aromatic nitrogens is 2. The van der Waals surface area contributed by atoms with Gasteiger partial charge in [0.15, 0.2) is 10.9 Å². The summed E-state index contributed by atoms with van der Waals surface area (Å²) in [6.45, 7) is 0. The number of nitrogens with one attached hydrogen (secondary N) is 2. The zero-order valence-corrected chi connectivity index (χ0v) is 24.5. The summed E-state index contributed by atoms with van der Waals surface area (Å²) in [6, 6.07) is 11.0. The van der Waals surface area contributed by atoms with Gasteiger partial charge >= 0.3 is 0 Å². The molecule has 0 saturated carbocycles. The average molecular weight is 671 g/mol. The van der Waals surface area contributed by atoms with Gasteiger partial charge in [0.25, 0.3) is 42.3 Å². The van der Waals surface area contributed by atoms with Crippen molar-refractivity contribution in [1.82, 2.24) is 0 Å². The van der Waals surface area contributed by atoms with E-state index in [9.17, 15) is 45.1 Å². The zero-order chi connectivity index (χ0) is 31.6. The van der Waals surface area contributed by atoms with Crippen LogP contribution < -0.4 is 31.7 Å². The van der Waals surface area contributed by atoms with Crippen LogP contribution in [-0.2, 0) is 20.2 Å². The first-order valence-electron chi connectivity index (χ1n) is 12.3. The molecular formula is C28H12Cl2N2O10S2+2. The number of rotatable bonds is 2. The van der Waals surface area contributed by atoms with E-state index in [2.05, 4.69) is 9.97 Å². The first-order valence-corrected chi connectivity index (χ1v) is 15.9. The minimum atomic E-state index is -5.29. The molecule has 0 aliphatic heterocycles. The van der Waals surface area contributed by atoms with Gasteiger partial charge in [0.2, 0.25) is 10.9 Å². The smallest absolute Gasteiger partial charge is 0.289 e. The lowest BCUT2D eigenvalue weighted by Crippen LogP contribution is -2.27. The first kappa shape index (κ1) is 28.3. The zero-order valence-electron chi connectivity index (χ0n) is 21.4. The van der Waals surface area contributed by atoms with Gasteiger partial charge in [0.1, 0.15) is 30.6 Å². The second-order valence-electron chi connectivity index (χ2n) is 9.89. The van der Waals surface area contributed by atoms with Crippen molar-refractivity contribution in [2.45, 2.75) is 9.79 Å². The molecule has 1 aromatic heterocycles. The Balaban J connectivity index is 1.91. The summed E-state index contributed by atoms with van der Waals surface area (Å²) in [6.07, 6.45) is 0. The molecule has 16 heteroatoms. The van der Waals surface area contributed by atoms with Crippen LogP contribution in [0.25, 0.3) is 65.2 Å². The second-order valence-corrected chi connectivity index (χ2v) is 13.4. The fraction of sp³-hybridized carbons (Fsp3) is 0. The molecule has 218 valence electrons. The van der Waals surface area contributed by atoms with E-state index in [1.807, 2.05) is 0 Å². The third-order valence-corrected chi connectivity index (χ3v) is 10.4. The molecular weight excluding hydrogens is 659 g/mol. The molecule has 44 heavy (non-hydrogen) atoms. The third kappa shape index (κ3) is 3.63. The van der Waals surface area contributed by atoms with Crippen LogP contribution in [0.5, 0.6) is 0 Å². The van der Waals surface area contributed by atoms with Gasteiger partial charge in [0.05, 0.1) is 10.8 Å². The molecule has 7 aromatic rings. The Morgan fingerprint density at radius 2 is 0.750 bits per heavy atom. The topological polar surface area (TPSA) is 205 Å². The molecule has 1 heterocycles. The van der Waals surface area contributed by atoms with Crippen molar-refractivity contribution in [2.24, 2.45) is 0 Å². The molecule has 0 amide bonds. The van der Waals surface area contributed by atoms with Crippen LogP contribution in [0.3, 0.4) is 0 Å². The molecule has 7 rings (SSSR count). The molecule has 6 aromatic carbocycles. The summed E-state index contributed by atoms with van der Waals surface area (Å²) in [7, 11) is -10.6. The van der Waals surface area contributed by atoms with Gasteiger partial charge in [-0.15, -0.1) is 0 Å². The van der Waals surface area contributed by atoms with Crippen molar-refractivity contribution in [3.63, 3.8) is 0 Å². The number of halogens is 2. The highest BCUT2D eigenvalue weighted by molar-refractivity contribution is 7.86. The predicted octanol–water partition coefficient (Wildman–Crippen LogP) is 2.35. The van der Waals surface area contributed by atoms with Gasteiger partial charge in [-0.25, -0.2) is 0 Å². The molecule has 4 N–H and O–H groups in total. The first-order chi connectivity index (χ1) is 20.6. The lowest BCUT2D eigenvalue weighted by atomic mass is 9.99. The van der Waals surface area contributed by atoms with Crippen LogP contribution in [0.2, 0.25) is 10.0 Å². The summed E-state index contributed by atoms with van der Waals surface area (Å²) in [4.78, 5) is 58.0. The number of benzene rings is 6. The third-order valence-electron chi connectivity index (χ3n) is 7.55. The monoisotopic (exact) mass is 670 g/mol. The van der Waals surface area contributed by atoms with Crippen LogP contribution in [0, 0.1) is 0 Å². The highest BCUT2D eigenvalue weighted by Gasteiger charge is 2.38. The Kier molecular flexibility index (Phi) is 5.82. The molecule has 0 aliphatic rings. The molecule has 0 radical (unpaired) electrons. The van der Waals surface area contributed by atoms with Crippen molar-refractivity contribution >= 4 is 109 Å². The van der Waals surface area contributed by atoms with E-state index in [-0.39, 0.29) is 32.6 Å². The number of hydrogen-bond donors (Lipinski definition) is 2. The van der Waals surface area contributed by atoms with E-state index in [4.69, 9.17) is 23.2 Å². The maximum absolute atomic E-state index is 13.8. The molecule has 0 saturated heterocycles. The van der Waals surface area contributed by atoms with E-state index < -0.39 is 94.4 Å². The van der Waals surface area contributed by atoms with Crippen LogP contribution in [0.15, 0.2) is 77.5 Å². The predicted molar refractivity (Wildman–Crippen MR) is 162 cm³/mol. The van der Waals surface area contributed by atoms with Gasteiger partial charge in [-0.1, -0.05) is 71.7 Å². The molecule has 0 aliphatic carbocycles. The summed E-state index contributed by atoms with van der Waals surface area (Å²) in [5.41, 5.74) is -5.19. The van der Waals surface area contributed by atoms with Crippen molar-refractivity contribution in [3.8, 4) is 0 Å².